The number of carbonyl (C=O) groups is 3. The first-order chi connectivity index (χ1) is 20.6. The number of pyridine rings is 1. The highest BCUT2D eigenvalue weighted by atomic mass is 32.1. The van der Waals surface area contributed by atoms with Crippen LogP contribution >= 0.6 is 11.3 Å². The zero-order valence-corrected chi connectivity index (χ0v) is 25.3. The second kappa shape index (κ2) is 11.6. The zero-order valence-electron chi connectivity index (χ0n) is 24.5. The number of nitrogens with two attached hydrogens (primary N) is 1. The van der Waals surface area contributed by atoms with Gasteiger partial charge in [-0.25, -0.2) is 9.59 Å². The summed E-state index contributed by atoms with van der Waals surface area (Å²) < 4.78 is 11.5. The first-order valence-corrected chi connectivity index (χ1v) is 15.5. The number of esters is 1. The van der Waals surface area contributed by atoms with Crippen LogP contribution in [0.5, 0.6) is 0 Å². The molecule has 11 heteroatoms. The molecule has 0 saturated carbocycles. The summed E-state index contributed by atoms with van der Waals surface area (Å²) in [5, 5.41) is 0.493. The Morgan fingerprint density at radius 2 is 1.81 bits per heavy atom. The number of carbonyl (C=O) groups excluding carboxylic acids is 3. The lowest BCUT2D eigenvalue weighted by Gasteiger charge is -2.49. The normalized spacial score (nSPS) is 22.5. The fourth-order valence-corrected chi connectivity index (χ4v) is 7.51. The van der Waals surface area contributed by atoms with E-state index in [2.05, 4.69) is 9.88 Å². The quantitative estimate of drug-likeness (QED) is 0.426. The van der Waals surface area contributed by atoms with Crippen molar-refractivity contribution in [3.8, 4) is 10.6 Å². The first kappa shape index (κ1) is 29.1. The van der Waals surface area contributed by atoms with Crippen LogP contribution in [0.4, 0.5) is 9.80 Å². The van der Waals surface area contributed by atoms with Gasteiger partial charge in [-0.2, -0.15) is 0 Å². The van der Waals surface area contributed by atoms with E-state index in [-0.39, 0.29) is 24.5 Å². The number of cyclic esters (lactones) is 1. The Morgan fingerprint density at radius 3 is 2.49 bits per heavy atom. The average Bonchev–Trinajstić information content (AvgIpc) is 3.51. The highest BCUT2D eigenvalue weighted by molar-refractivity contribution is 7.19. The van der Waals surface area contributed by atoms with Gasteiger partial charge in [0.05, 0.1) is 21.1 Å². The molecule has 226 valence electrons. The molecule has 3 fully saturated rings. The van der Waals surface area contributed by atoms with Crippen LogP contribution in [0.1, 0.15) is 49.0 Å². The Labute approximate surface area is 255 Å². The van der Waals surface area contributed by atoms with Gasteiger partial charge in [0.15, 0.2) is 5.54 Å². The monoisotopic (exact) mass is 603 g/mol. The van der Waals surface area contributed by atoms with Gasteiger partial charge in [-0.05, 0) is 50.5 Å². The Bertz CT molecular complexity index is 1490. The van der Waals surface area contributed by atoms with E-state index in [4.69, 9.17) is 15.2 Å². The lowest BCUT2D eigenvalue weighted by atomic mass is 9.85. The van der Waals surface area contributed by atoms with Crippen molar-refractivity contribution in [2.75, 3.05) is 38.5 Å². The molecule has 43 heavy (non-hydrogen) atoms. The molecule has 1 aromatic carbocycles. The van der Waals surface area contributed by atoms with Crippen molar-refractivity contribution < 1.29 is 23.9 Å². The predicted molar refractivity (Wildman–Crippen MR) is 163 cm³/mol. The van der Waals surface area contributed by atoms with Crippen LogP contribution in [0.25, 0.3) is 10.6 Å². The highest BCUT2D eigenvalue weighted by Crippen LogP contribution is 2.42. The van der Waals surface area contributed by atoms with E-state index >= 15 is 0 Å². The molecule has 3 aliphatic rings. The van der Waals surface area contributed by atoms with Crippen molar-refractivity contribution in [1.29, 1.82) is 0 Å². The molecule has 2 N–H and O–H groups in total. The predicted octanol–water partition coefficient (Wildman–Crippen LogP) is 4.42. The van der Waals surface area contributed by atoms with Crippen LogP contribution in [0.3, 0.4) is 0 Å². The first-order valence-electron chi connectivity index (χ1n) is 14.7. The molecule has 1 spiro atoms. The molecule has 10 nitrogen and oxygen atoms in total. The maximum Gasteiger partial charge on any atom is 0.411 e. The zero-order chi connectivity index (χ0) is 30.2. The van der Waals surface area contributed by atoms with Crippen LogP contribution in [0, 0.1) is 0 Å². The lowest BCUT2D eigenvalue weighted by molar-refractivity contribution is -0.156. The number of ether oxygens (including phenoxy) is 2. The maximum atomic E-state index is 13.5. The van der Waals surface area contributed by atoms with E-state index < -0.39 is 17.2 Å². The number of likely N-dealkylation sites (tertiary alicyclic amines) is 1. The van der Waals surface area contributed by atoms with Gasteiger partial charge in [-0.1, -0.05) is 36.4 Å². The molecule has 3 aliphatic heterocycles. The number of piperazine rings is 1. The minimum Gasteiger partial charge on any atom is -0.458 e. The number of nitrogen functional groups attached to an aromatic ring is 1. The number of hydrogen-bond donors (Lipinski definition) is 1. The minimum absolute atomic E-state index is 0.0713. The van der Waals surface area contributed by atoms with Crippen LogP contribution < -0.4 is 5.73 Å². The van der Waals surface area contributed by atoms with Crippen LogP contribution in [-0.4, -0.2) is 87.6 Å². The number of amides is 2. The van der Waals surface area contributed by atoms with Gasteiger partial charge in [0.1, 0.15) is 12.2 Å². The standard InChI is InChI=1S/C32H37N5O5S/c1-31(2)20-32(29(39)42-31)21-36(16-17-37(32)30(40)41-19-22-8-4-3-5-9-22)23-11-14-35(15-12-23)28(38)24-18-26(43-27(24)33)25-10-6-7-13-34-25/h3-10,13,18,23H,11-12,14-17,19-21,33H2,1-2H3. The third-order valence-electron chi connectivity index (χ3n) is 8.66. The summed E-state index contributed by atoms with van der Waals surface area (Å²) >= 11 is 1.37. The topological polar surface area (TPSA) is 118 Å². The molecule has 0 radical (unpaired) electrons. The van der Waals surface area contributed by atoms with E-state index in [0.29, 0.717) is 49.7 Å². The highest BCUT2D eigenvalue weighted by Gasteiger charge is 2.60. The van der Waals surface area contributed by atoms with Gasteiger partial charge < -0.3 is 20.1 Å². The number of hydrogen-bond acceptors (Lipinski definition) is 9. The largest absolute Gasteiger partial charge is 0.458 e. The number of nitrogens with zero attached hydrogens (tertiary/aromatic N) is 4. The maximum absolute atomic E-state index is 13.5. The Hall–Kier alpha value is -3.96. The Balaban J connectivity index is 1.12. The van der Waals surface area contributed by atoms with Crippen molar-refractivity contribution >= 4 is 34.3 Å². The number of piperidine rings is 1. The molecule has 0 aliphatic carbocycles. The second-order valence-electron chi connectivity index (χ2n) is 12.1. The summed E-state index contributed by atoms with van der Waals surface area (Å²) in [7, 11) is 0. The van der Waals surface area contributed by atoms with Crippen molar-refractivity contribution in [2.24, 2.45) is 0 Å². The van der Waals surface area contributed by atoms with Gasteiger partial charge in [0.25, 0.3) is 5.91 Å². The van der Waals surface area contributed by atoms with Gasteiger partial charge >= 0.3 is 12.1 Å². The van der Waals surface area contributed by atoms with Gasteiger partial charge in [-0.3, -0.25) is 19.6 Å². The molecule has 3 aromatic rings. The Kier molecular flexibility index (Phi) is 7.87. The van der Waals surface area contributed by atoms with E-state index in [1.54, 1.807) is 11.1 Å². The fraction of sp³-hybridized carbons (Fsp3) is 0.438. The summed E-state index contributed by atoms with van der Waals surface area (Å²) in [5.41, 5.74) is 6.66. The van der Waals surface area contributed by atoms with E-state index in [0.717, 1.165) is 29.0 Å². The summed E-state index contributed by atoms with van der Waals surface area (Å²) in [6.07, 6.45) is 3.13. The average molecular weight is 604 g/mol. The number of anilines is 1. The molecule has 1 atom stereocenters. The van der Waals surface area contributed by atoms with Gasteiger partial charge in [0, 0.05) is 51.4 Å². The lowest BCUT2D eigenvalue weighted by Crippen LogP contribution is -2.68. The fourth-order valence-electron chi connectivity index (χ4n) is 6.61. The van der Waals surface area contributed by atoms with Crippen LogP contribution in [-0.2, 0) is 20.9 Å². The van der Waals surface area contributed by atoms with Crippen molar-refractivity contribution in [1.82, 2.24) is 19.7 Å². The number of rotatable bonds is 5. The van der Waals surface area contributed by atoms with Crippen molar-refractivity contribution in [3.63, 3.8) is 0 Å². The van der Waals surface area contributed by atoms with E-state index in [1.165, 1.54) is 11.3 Å². The molecule has 3 saturated heterocycles. The van der Waals surface area contributed by atoms with E-state index in [9.17, 15) is 14.4 Å². The molecule has 1 unspecified atom stereocenters. The minimum atomic E-state index is -1.12. The number of thiophene rings is 1. The number of aromatic nitrogens is 1. The molecule has 0 bridgehead atoms. The summed E-state index contributed by atoms with van der Waals surface area (Å²) in [4.78, 5) is 51.3. The molecule has 5 heterocycles. The van der Waals surface area contributed by atoms with Crippen molar-refractivity contribution in [3.05, 3.63) is 71.9 Å². The van der Waals surface area contributed by atoms with E-state index in [1.807, 2.05) is 73.3 Å². The van der Waals surface area contributed by atoms with Gasteiger partial charge in [-0.15, -0.1) is 11.3 Å². The summed E-state index contributed by atoms with van der Waals surface area (Å²) in [6, 6.07) is 17.2. The second-order valence-corrected chi connectivity index (χ2v) is 13.2. The smallest absolute Gasteiger partial charge is 0.411 e. The summed E-state index contributed by atoms with van der Waals surface area (Å²) in [6.45, 7) is 6.41. The van der Waals surface area contributed by atoms with Crippen LogP contribution in [0.2, 0.25) is 0 Å². The molecular weight excluding hydrogens is 566 g/mol. The summed E-state index contributed by atoms with van der Waals surface area (Å²) in [5.74, 6) is -0.457. The van der Waals surface area contributed by atoms with Crippen molar-refractivity contribution in [2.45, 2.75) is 56.9 Å². The third kappa shape index (κ3) is 5.83. The molecular formula is C32H37N5O5S. The Morgan fingerprint density at radius 1 is 1.07 bits per heavy atom. The molecule has 2 amide bonds. The third-order valence-corrected chi connectivity index (χ3v) is 9.65. The SMILES string of the molecule is CC1(C)CC2(CN(C3CCN(C(=O)c4cc(-c5ccccn5)sc4N)CC3)CCN2C(=O)OCc2ccccc2)C(=O)O1. The van der Waals surface area contributed by atoms with Crippen LogP contribution in [0.15, 0.2) is 60.8 Å². The van der Waals surface area contributed by atoms with Gasteiger partial charge in [0.2, 0.25) is 0 Å². The molecule has 6 rings (SSSR count). The number of benzene rings is 1. The molecule has 2 aromatic heterocycles.